The average molecular weight is 388 g/mol. The molecule has 134 valence electrons. The maximum atomic E-state index is 9.69. The number of phenolic OH excluding ortho intramolecular Hbond substituents is 1. The van der Waals surface area contributed by atoms with Crippen LogP contribution in [0.2, 0.25) is 10.0 Å². The van der Waals surface area contributed by atoms with Gasteiger partial charge in [-0.1, -0.05) is 60.5 Å². The van der Waals surface area contributed by atoms with Gasteiger partial charge in [0.25, 0.3) is 0 Å². The van der Waals surface area contributed by atoms with Crippen LogP contribution in [0.4, 0.5) is 5.82 Å². The van der Waals surface area contributed by atoms with Crippen molar-refractivity contribution in [3.63, 3.8) is 0 Å². The van der Waals surface area contributed by atoms with Gasteiger partial charge in [-0.15, -0.1) is 10.2 Å². The zero-order valence-electron chi connectivity index (χ0n) is 14.4. The van der Waals surface area contributed by atoms with Crippen molar-refractivity contribution < 1.29 is 5.11 Å². The van der Waals surface area contributed by atoms with E-state index in [4.69, 9.17) is 23.2 Å². The summed E-state index contributed by atoms with van der Waals surface area (Å²) in [6.07, 6.45) is 1.01. The molecule has 3 aromatic rings. The van der Waals surface area contributed by atoms with Crippen LogP contribution in [0, 0.1) is 0 Å². The van der Waals surface area contributed by atoms with Gasteiger partial charge in [-0.05, 0) is 36.2 Å². The third-order valence-corrected chi connectivity index (χ3v) is 4.57. The Balaban J connectivity index is 1.85. The summed E-state index contributed by atoms with van der Waals surface area (Å²) in [4.78, 5) is 2.20. The number of hydrogen-bond acceptors (Lipinski definition) is 4. The van der Waals surface area contributed by atoms with Crippen LogP contribution < -0.4 is 4.90 Å². The van der Waals surface area contributed by atoms with Crippen LogP contribution in [-0.4, -0.2) is 21.8 Å². The minimum absolute atomic E-state index is 0.126. The van der Waals surface area contributed by atoms with Crippen molar-refractivity contribution >= 4 is 29.0 Å². The van der Waals surface area contributed by atoms with Gasteiger partial charge in [-0.2, -0.15) is 0 Å². The quantitative estimate of drug-likeness (QED) is 0.600. The number of halogens is 2. The highest BCUT2D eigenvalue weighted by atomic mass is 35.5. The predicted molar refractivity (Wildman–Crippen MR) is 107 cm³/mol. The molecule has 0 atom stereocenters. The molecule has 26 heavy (non-hydrogen) atoms. The molecule has 0 saturated heterocycles. The van der Waals surface area contributed by atoms with Gasteiger partial charge in [-0.25, -0.2) is 0 Å². The van der Waals surface area contributed by atoms with E-state index in [2.05, 4.69) is 34.2 Å². The number of aromatic nitrogens is 2. The zero-order chi connectivity index (χ0) is 18.5. The minimum Gasteiger partial charge on any atom is -0.505 e. The Morgan fingerprint density at radius 1 is 0.962 bits per heavy atom. The van der Waals surface area contributed by atoms with E-state index >= 15 is 0 Å². The lowest BCUT2D eigenvalue weighted by molar-refractivity contribution is 0.476. The van der Waals surface area contributed by atoms with Crippen molar-refractivity contribution in [1.29, 1.82) is 0 Å². The maximum absolute atomic E-state index is 9.69. The van der Waals surface area contributed by atoms with Gasteiger partial charge in [0.2, 0.25) is 0 Å². The summed E-state index contributed by atoms with van der Waals surface area (Å²) < 4.78 is 0. The molecule has 0 aliphatic rings. The van der Waals surface area contributed by atoms with E-state index in [0.29, 0.717) is 11.3 Å². The lowest BCUT2D eigenvalue weighted by Crippen LogP contribution is -2.24. The lowest BCUT2D eigenvalue weighted by atomic mass is 10.1. The van der Waals surface area contributed by atoms with Gasteiger partial charge in [0.1, 0.15) is 0 Å². The molecule has 0 aliphatic heterocycles. The average Bonchev–Trinajstić information content (AvgIpc) is 2.66. The van der Waals surface area contributed by atoms with Gasteiger partial charge in [0.05, 0.1) is 15.7 Å². The Bertz CT molecular complexity index is 847. The van der Waals surface area contributed by atoms with Crippen LogP contribution in [0.5, 0.6) is 5.75 Å². The molecule has 6 heteroatoms. The van der Waals surface area contributed by atoms with Crippen LogP contribution in [0.15, 0.2) is 54.6 Å². The Morgan fingerprint density at radius 3 is 2.23 bits per heavy atom. The third kappa shape index (κ3) is 4.26. The SMILES string of the molecule is CCCN(Cc1ccccc1)c1ccc(-c2cc(Cl)c(O)c(Cl)c2)nn1. The molecule has 0 bridgehead atoms. The van der Waals surface area contributed by atoms with Gasteiger partial charge >= 0.3 is 0 Å². The molecule has 2 aromatic carbocycles. The Labute approximate surface area is 163 Å². The van der Waals surface area contributed by atoms with Crippen molar-refractivity contribution in [2.45, 2.75) is 19.9 Å². The number of hydrogen-bond donors (Lipinski definition) is 1. The molecular weight excluding hydrogens is 369 g/mol. The second-order valence-electron chi connectivity index (χ2n) is 5.97. The van der Waals surface area contributed by atoms with Crippen LogP contribution in [-0.2, 0) is 6.54 Å². The molecule has 0 amide bonds. The summed E-state index contributed by atoms with van der Waals surface area (Å²) in [7, 11) is 0. The van der Waals surface area contributed by atoms with E-state index in [0.717, 1.165) is 25.3 Å². The van der Waals surface area contributed by atoms with E-state index in [-0.39, 0.29) is 15.8 Å². The number of anilines is 1. The van der Waals surface area contributed by atoms with Crippen molar-refractivity contribution in [1.82, 2.24) is 10.2 Å². The molecule has 0 spiro atoms. The minimum atomic E-state index is -0.126. The summed E-state index contributed by atoms with van der Waals surface area (Å²) in [5.41, 5.74) is 2.58. The zero-order valence-corrected chi connectivity index (χ0v) is 15.9. The highest BCUT2D eigenvalue weighted by Gasteiger charge is 2.12. The molecule has 0 unspecified atom stereocenters. The summed E-state index contributed by atoms with van der Waals surface area (Å²) in [5, 5.41) is 18.8. The first-order valence-electron chi connectivity index (χ1n) is 8.39. The third-order valence-electron chi connectivity index (χ3n) is 4.00. The van der Waals surface area contributed by atoms with Crippen molar-refractivity contribution in [3.05, 3.63) is 70.2 Å². The summed E-state index contributed by atoms with van der Waals surface area (Å²) in [6, 6.07) is 17.4. The van der Waals surface area contributed by atoms with Gasteiger partial charge in [0, 0.05) is 18.7 Å². The van der Waals surface area contributed by atoms with Gasteiger partial charge in [0.15, 0.2) is 11.6 Å². The molecule has 0 aliphatic carbocycles. The summed E-state index contributed by atoms with van der Waals surface area (Å²) in [6.45, 7) is 3.81. The summed E-state index contributed by atoms with van der Waals surface area (Å²) >= 11 is 12.0. The first-order chi connectivity index (χ1) is 12.6. The number of nitrogens with zero attached hydrogens (tertiary/aromatic N) is 3. The van der Waals surface area contributed by atoms with E-state index in [9.17, 15) is 5.11 Å². The molecule has 1 aromatic heterocycles. The van der Waals surface area contributed by atoms with Crippen LogP contribution >= 0.6 is 23.2 Å². The standard InChI is InChI=1S/C20H19Cl2N3O/c1-2-10-25(13-14-6-4-3-5-7-14)19-9-8-18(23-24-19)15-11-16(21)20(26)17(22)12-15/h3-9,11-12,26H,2,10,13H2,1H3. The van der Waals surface area contributed by atoms with Crippen molar-refractivity contribution in [3.8, 4) is 17.0 Å². The number of benzene rings is 2. The Morgan fingerprint density at radius 2 is 1.65 bits per heavy atom. The molecule has 4 nitrogen and oxygen atoms in total. The topological polar surface area (TPSA) is 49.2 Å². The van der Waals surface area contributed by atoms with E-state index in [1.54, 1.807) is 12.1 Å². The van der Waals surface area contributed by atoms with E-state index in [1.165, 1.54) is 5.56 Å². The number of rotatable bonds is 6. The normalized spacial score (nSPS) is 10.7. The van der Waals surface area contributed by atoms with E-state index in [1.807, 2.05) is 30.3 Å². The number of aromatic hydroxyl groups is 1. The molecule has 1 N–H and O–H groups in total. The van der Waals surface area contributed by atoms with Gasteiger partial charge in [-0.3, -0.25) is 0 Å². The van der Waals surface area contributed by atoms with Crippen LogP contribution in [0.1, 0.15) is 18.9 Å². The van der Waals surface area contributed by atoms with Crippen molar-refractivity contribution in [2.24, 2.45) is 0 Å². The largest absolute Gasteiger partial charge is 0.505 e. The first kappa shape index (κ1) is 18.5. The molecule has 0 radical (unpaired) electrons. The highest BCUT2D eigenvalue weighted by Crippen LogP contribution is 2.35. The monoisotopic (exact) mass is 387 g/mol. The predicted octanol–water partition coefficient (Wildman–Crippen LogP) is 5.57. The maximum Gasteiger partial charge on any atom is 0.152 e. The second-order valence-corrected chi connectivity index (χ2v) is 6.79. The van der Waals surface area contributed by atoms with E-state index < -0.39 is 0 Å². The van der Waals surface area contributed by atoms with Crippen LogP contribution in [0.25, 0.3) is 11.3 Å². The molecule has 3 rings (SSSR count). The molecule has 0 saturated carbocycles. The summed E-state index contributed by atoms with van der Waals surface area (Å²) in [5.74, 6) is 0.689. The Hall–Kier alpha value is -2.30. The number of phenols is 1. The fraction of sp³-hybridized carbons (Fsp3) is 0.200. The smallest absolute Gasteiger partial charge is 0.152 e. The fourth-order valence-corrected chi connectivity index (χ4v) is 3.20. The first-order valence-corrected chi connectivity index (χ1v) is 9.15. The molecule has 0 fully saturated rings. The van der Waals surface area contributed by atoms with Crippen molar-refractivity contribution in [2.75, 3.05) is 11.4 Å². The highest BCUT2D eigenvalue weighted by molar-refractivity contribution is 6.37. The van der Waals surface area contributed by atoms with Crippen LogP contribution in [0.3, 0.4) is 0 Å². The van der Waals surface area contributed by atoms with Gasteiger partial charge < -0.3 is 10.0 Å². The fourth-order valence-electron chi connectivity index (χ4n) is 2.71. The Kier molecular flexibility index (Phi) is 5.96. The molecule has 1 heterocycles. The lowest BCUT2D eigenvalue weighted by Gasteiger charge is -2.23. The molecular formula is C20H19Cl2N3O. The second kappa shape index (κ2) is 8.39.